The summed E-state index contributed by atoms with van der Waals surface area (Å²) in [5, 5.41) is 3.50. The number of ether oxygens (including phenoxy) is 1. The van der Waals surface area contributed by atoms with Crippen LogP contribution < -0.4 is 11.1 Å². The van der Waals surface area contributed by atoms with Gasteiger partial charge in [0.05, 0.1) is 5.92 Å². The summed E-state index contributed by atoms with van der Waals surface area (Å²) in [6, 6.07) is 0.642. The van der Waals surface area contributed by atoms with Crippen LogP contribution >= 0.6 is 0 Å². The Morgan fingerprint density at radius 1 is 1.50 bits per heavy atom. The molecule has 1 saturated carbocycles. The lowest BCUT2D eigenvalue weighted by atomic mass is 9.83. The van der Waals surface area contributed by atoms with Crippen molar-refractivity contribution in [3.63, 3.8) is 0 Å². The normalized spacial score (nSPS) is 27.6. The fourth-order valence-corrected chi connectivity index (χ4v) is 2.41. The Labute approximate surface area is 97.9 Å². The van der Waals surface area contributed by atoms with Gasteiger partial charge >= 0.3 is 0 Å². The molecule has 0 aromatic heterocycles. The minimum absolute atomic E-state index is 0.0127. The van der Waals surface area contributed by atoms with E-state index in [4.69, 9.17) is 10.5 Å². The number of amides is 1. The monoisotopic (exact) mass is 228 g/mol. The highest BCUT2D eigenvalue weighted by Gasteiger charge is 2.29. The average molecular weight is 228 g/mol. The van der Waals surface area contributed by atoms with E-state index in [1.807, 2.05) is 0 Å². The van der Waals surface area contributed by atoms with Crippen LogP contribution in [0.3, 0.4) is 0 Å². The number of primary amides is 1. The van der Waals surface area contributed by atoms with E-state index in [1.165, 1.54) is 6.42 Å². The number of hydrogen-bond donors (Lipinski definition) is 2. The molecule has 0 heterocycles. The number of methoxy groups -OCH3 is 1. The Bertz CT molecular complexity index is 221. The van der Waals surface area contributed by atoms with Crippen molar-refractivity contribution in [3.05, 3.63) is 0 Å². The molecule has 1 amide bonds. The van der Waals surface area contributed by atoms with Gasteiger partial charge in [-0.15, -0.1) is 0 Å². The Hall–Kier alpha value is -0.610. The van der Waals surface area contributed by atoms with Crippen LogP contribution in [0.15, 0.2) is 0 Å². The molecular formula is C12H24N2O2. The molecule has 0 aromatic carbocycles. The highest BCUT2D eigenvalue weighted by atomic mass is 16.5. The van der Waals surface area contributed by atoms with Crippen LogP contribution in [0, 0.1) is 5.92 Å². The number of hydrogen-bond acceptors (Lipinski definition) is 3. The second-order valence-electron chi connectivity index (χ2n) is 4.75. The molecule has 0 radical (unpaired) electrons. The highest BCUT2D eigenvalue weighted by Crippen LogP contribution is 2.24. The maximum absolute atomic E-state index is 11.3. The molecule has 0 aliphatic heterocycles. The third-order valence-electron chi connectivity index (χ3n) is 3.38. The zero-order chi connectivity index (χ0) is 12.0. The van der Waals surface area contributed by atoms with E-state index in [2.05, 4.69) is 12.2 Å². The first kappa shape index (κ1) is 13.5. The lowest BCUT2D eigenvalue weighted by molar-refractivity contribution is -0.123. The molecule has 3 atom stereocenters. The lowest BCUT2D eigenvalue weighted by Crippen LogP contribution is -2.48. The van der Waals surface area contributed by atoms with Gasteiger partial charge in [0.15, 0.2) is 0 Å². The van der Waals surface area contributed by atoms with E-state index in [1.54, 1.807) is 7.11 Å². The second kappa shape index (κ2) is 6.86. The number of carbonyl (C=O) groups is 1. The Morgan fingerprint density at radius 2 is 2.19 bits per heavy atom. The Kier molecular flexibility index (Phi) is 5.77. The van der Waals surface area contributed by atoms with Crippen LogP contribution in [0.2, 0.25) is 0 Å². The van der Waals surface area contributed by atoms with E-state index in [9.17, 15) is 4.79 Å². The number of nitrogens with one attached hydrogen (secondary N) is 1. The van der Waals surface area contributed by atoms with Gasteiger partial charge in [-0.25, -0.2) is 0 Å². The van der Waals surface area contributed by atoms with Gasteiger partial charge in [0, 0.05) is 25.8 Å². The van der Waals surface area contributed by atoms with Crippen LogP contribution in [-0.2, 0) is 9.53 Å². The topological polar surface area (TPSA) is 64.3 Å². The zero-order valence-corrected chi connectivity index (χ0v) is 10.4. The van der Waals surface area contributed by atoms with Crippen molar-refractivity contribution < 1.29 is 9.53 Å². The quantitative estimate of drug-likeness (QED) is 0.714. The Morgan fingerprint density at radius 3 is 2.81 bits per heavy atom. The van der Waals surface area contributed by atoms with Crippen molar-refractivity contribution >= 4 is 5.91 Å². The summed E-state index contributed by atoms with van der Waals surface area (Å²) < 4.78 is 5.04. The van der Waals surface area contributed by atoms with Gasteiger partial charge in [-0.2, -0.15) is 0 Å². The fraction of sp³-hybridized carbons (Fsp3) is 0.917. The van der Waals surface area contributed by atoms with E-state index in [-0.39, 0.29) is 17.9 Å². The summed E-state index contributed by atoms with van der Waals surface area (Å²) in [4.78, 5) is 11.3. The average Bonchev–Trinajstić information content (AvgIpc) is 2.27. The summed E-state index contributed by atoms with van der Waals surface area (Å²) in [6.07, 6.45) is 5.28. The van der Waals surface area contributed by atoms with Crippen LogP contribution in [0.1, 0.15) is 39.0 Å². The molecule has 16 heavy (non-hydrogen) atoms. The van der Waals surface area contributed by atoms with Crippen molar-refractivity contribution in [2.45, 2.75) is 51.1 Å². The number of carbonyl (C=O) groups excluding carboxylic acids is 1. The first-order valence-corrected chi connectivity index (χ1v) is 6.19. The minimum atomic E-state index is -0.156. The molecule has 1 aliphatic carbocycles. The van der Waals surface area contributed by atoms with E-state index < -0.39 is 0 Å². The molecule has 0 saturated heterocycles. The maximum atomic E-state index is 11.3. The summed E-state index contributed by atoms with van der Waals surface area (Å²) in [6.45, 7) is 2.88. The molecule has 0 spiro atoms. The molecule has 0 bridgehead atoms. The van der Waals surface area contributed by atoms with Crippen molar-refractivity contribution in [1.82, 2.24) is 5.32 Å². The SMILES string of the molecule is COCC[C@H](C)N[C@H]1CCCC[C@H]1C(N)=O. The summed E-state index contributed by atoms with van der Waals surface area (Å²) in [5.41, 5.74) is 5.43. The minimum Gasteiger partial charge on any atom is -0.385 e. The lowest BCUT2D eigenvalue weighted by Gasteiger charge is -2.32. The van der Waals surface area contributed by atoms with Crippen LogP contribution in [0.4, 0.5) is 0 Å². The second-order valence-corrected chi connectivity index (χ2v) is 4.75. The Balaban J connectivity index is 2.39. The molecule has 1 rings (SSSR count). The van der Waals surface area contributed by atoms with Gasteiger partial charge < -0.3 is 15.8 Å². The maximum Gasteiger partial charge on any atom is 0.222 e. The molecule has 0 aromatic rings. The van der Waals surface area contributed by atoms with Crippen LogP contribution in [0.5, 0.6) is 0 Å². The van der Waals surface area contributed by atoms with Crippen molar-refractivity contribution in [2.75, 3.05) is 13.7 Å². The summed E-state index contributed by atoms with van der Waals surface area (Å²) in [5.74, 6) is -0.144. The standard InChI is InChI=1S/C12H24N2O2/c1-9(7-8-16-2)14-11-6-4-3-5-10(11)12(13)15/h9-11,14H,3-8H2,1-2H3,(H2,13,15)/t9-,10+,11-/m0/s1. The molecule has 0 unspecified atom stereocenters. The molecule has 1 fully saturated rings. The highest BCUT2D eigenvalue weighted by molar-refractivity contribution is 5.77. The van der Waals surface area contributed by atoms with Gasteiger partial charge in [0.2, 0.25) is 5.91 Å². The predicted octanol–water partition coefficient (Wildman–Crippen LogP) is 1.05. The van der Waals surface area contributed by atoms with E-state index >= 15 is 0 Å². The number of nitrogens with two attached hydrogens (primary N) is 1. The molecule has 1 aliphatic rings. The van der Waals surface area contributed by atoms with Crippen molar-refractivity contribution in [1.29, 1.82) is 0 Å². The first-order chi connectivity index (χ1) is 7.65. The summed E-state index contributed by atoms with van der Waals surface area (Å²) >= 11 is 0. The molecule has 3 N–H and O–H groups in total. The predicted molar refractivity (Wildman–Crippen MR) is 64.0 cm³/mol. The van der Waals surface area contributed by atoms with Crippen molar-refractivity contribution in [2.24, 2.45) is 11.7 Å². The van der Waals surface area contributed by atoms with E-state index in [0.29, 0.717) is 6.04 Å². The van der Waals surface area contributed by atoms with E-state index in [0.717, 1.165) is 32.3 Å². The number of rotatable bonds is 6. The van der Waals surface area contributed by atoms with Gasteiger partial charge in [0.1, 0.15) is 0 Å². The molecule has 4 nitrogen and oxygen atoms in total. The van der Waals surface area contributed by atoms with Crippen LogP contribution in [-0.4, -0.2) is 31.7 Å². The third-order valence-corrected chi connectivity index (χ3v) is 3.38. The smallest absolute Gasteiger partial charge is 0.222 e. The molecular weight excluding hydrogens is 204 g/mol. The van der Waals surface area contributed by atoms with Crippen LogP contribution in [0.25, 0.3) is 0 Å². The zero-order valence-electron chi connectivity index (χ0n) is 10.4. The van der Waals surface area contributed by atoms with Crippen molar-refractivity contribution in [3.8, 4) is 0 Å². The first-order valence-electron chi connectivity index (χ1n) is 6.19. The van der Waals surface area contributed by atoms with Gasteiger partial charge in [-0.3, -0.25) is 4.79 Å². The van der Waals surface area contributed by atoms with Gasteiger partial charge in [-0.05, 0) is 26.2 Å². The fourth-order valence-electron chi connectivity index (χ4n) is 2.41. The van der Waals surface area contributed by atoms with Gasteiger partial charge in [-0.1, -0.05) is 12.8 Å². The third kappa shape index (κ3) is 4.10. The summed E-state index contributed by atoms with van der Waals surface area (Å²) in [7, 11) is 1.71. The largest absolute Gasteiger partial charge is 0.385 e. The van der Waals surface area contributed by atoms with Gasteiger partial charge in [0.25, 0.3) is 0 Å². The molecule has 94 valence electrons. The molecule has 4 heteroatoms.